The van der Waals surface area contributed by atoms with Gasteiger partial charge in [0.1, 0.15) is 6.54 Å². The zero-order valence-corrected chi connectivity index (χ0v) is 11.5. The van der Waals surface area contributed by atoms with Gasteiger partial charge in [-0.3, -0.25) is 4.79 Å². The van der Waals surface area contributed by atoms with E-state index in [-0.39, 0.29) is 25.6 Å². The fraction of sp³-hybridized carbons (Fsp3) is 0.900. The molecular formula is C10H20N2O5S. The first-order valence-electron chi connectivity index (χ1n) is 5.88. The Labute approximate surface area is 108 Å². The fourth-order valence-corrected chi connectivity index (χ4v) is 3.44. The molecule has 8 heteroatoms. The van der Waals surface area contributed by atoms with Gasteiger partial charge < -0.3 is 9.84 Å². The van der Waals surface area contributed by atoms with Crippen LogP contribution in [0.2, 0.25) is 0 Å². The summed E-state index contributed by atoms with van der Waals surface area (Å²) in [7, 11) is -3.71. The predicted octanol–water partition coefficient (Wildman–Crippen LogP) is -0.394. The van der Waals surface area contributed by atoms with Gasteiger partial charge in [-0.1, -0.05) is 13.8 Å². The molecule has 0 amide bonds. The molecule has 0 unspecified atom stereocenters. The van der Waals surface area contributed by atoms with E-state index in [1.807, 2.05) is 13.8 Å². The molecular weight excluding hydrogens is 260 g/mol. The van der Waals surface area contributed by atoms with Crippen LogP contribution in [0.1, 0.15) is 13.8 Å². The third-order valence-electron chi connectivity index (χ3n) is 2.50. The number of hydrogen-bond donors (Lipinski definition) is 1. The lowest BCUT2D eigenvalue weighted by Crippen LogP contribution is -2.50. The zero-order chi connectivity index (χ0) is 13.8. The van der Waals surface area contributed by atoms with Crippen LogP contribution >= 0.6 is 0 Å². The van der Waals surface area contributed by atoms with Crippen molar-refractivity contribution in [3.05, 3.63) is 0 Å². The molecule has 7 nitrogen and oxygen atoms in total. The standard InChI is InChI=1S/C10H20N2O5S/c1-9(2)7-12(8-10(13)14)18(15,16)11-3-5-17-6-4-11/h9H,3-8H2,1-2H3,(H,13,14). The second-order valence-corrected chi connectivity index (χ2v) is 6.53. The van der Waals surface area contributed by atoms with Crippen molar-refractivity contribution in [2.24, 2.45) is 5.92 Å². The van der Waals surface area contributed by atoms with E-state index in [1.165, 1.54) is 4.31 Å². The van der Waals surface area contributed by atoms with Gasteiger partial charge in [0, 0.05) is 19.6 Å². The number of carboxylic acids is 1. The first-order chi connectivity index (χ1) is 8.34. The molecule has 1 heterocycles. The number of aliphatic carboxylic acids is 1. The average Bonchev–Trinajstić information content (AvgIpc) is 2.28. The minimum Gasteiger partial charge on any atom is -0.480 e. The van der Waals surface area contributed by atoms with Crippen LogP contribution in [0, 0.1) is 5.92 Å². The van der Waals surface area contributed by atoms with Gasteiger partial charge in [-0.05, 0) is 5.92 Å². The summed E-state index contributed by atoms with van der Waals surface area (Å²) in [6.07, 6.45) is 0. The van der Waals surface area contributed by atoms with Crippen molar-refractivity contribution in [2.75, 3.05) is 39.4 Å². The van der Waals surface area contributed by atoms with Gasteiger partial charge >= 0.3 is 5.97 Å². The summed E-state index contributed by atoms with van der Waals surface area (Å²) >= 11 is 0. The smallest absolute Gasteiger partial charge is 0.318 e. The minimum atomic E-state index is -3.71. The molecule has 0 spiro atoms. The molecule has 0 aliphatic carbocycles. The lowest BCUT2D eigenvalue weighted by atomic mass is 10.2. The van der Waals surface area contributed by atoms with Gasteiger partial charge in [-0.25, -0.2) is 0 Å². The highest BCUT2D eigenvalue weighted by atomic mass is 32.2. The summed E-state index contributed by atoms with van der Waals surface area (Å²) < 4.78 is 32.0. The first kappa shape index (κ1) is 15.4. The molecule has 0 aromatic heterocycles. The molecule has 0 atom stereocenters. The van der Waals surface area contributed by atoms with Crippen molar-refractivity contribution >= 4 is 16.2 Å². The first-order valence-corrected chi connectivity index (χ1v) is 7.28. The number of carboxylic acid groups (broad SMARTS) is 1. The van der Waals surface area contributed by atoms with Crippen molar-refractivity contribution in [1.82, 2.24) is 8.61 Å². The Kier molecular flexibility index (Phi) is 5.51. The SMILES string of the molecule is CC(C)CN(CC(=O)O)S(=O)(=O)N1CCOCC1. The van der Waals surface area contributed by atoms with Crippen LogP contribution in [-0.4, -0.2) is 67.5 Å². The van der Waals surface area contributed by atoms with E-state index < -0.39 is 22.7 Å². The summed E-state index contributed by atoms with van der Waals surface area (Å²) in [5.74, 6) is -1.08. The largest absolute Gasteiger partial charge is 0.480 e. The Morgan fingerprint density at radius 1 is 1.39 bits per heavy atom. The number of hydrogen-bond acceptors (Lipinski definition) is 4. The lowest BCUT2D eigenvalue weighted by molar-refractivity contribution is -0.137. The molecule has 1 rings (SSSR count). The highest BCUT2D eigenvalue weighted by molar-refractivity contribution is 7.86. The molecule has 1 N–H and O–H groups in total. The van der Waals surface area contributed by atoms with Crippen LogP contribution in [0.15, 0.2) is 0 Å². The molecule has 0 saturated carbocycles. The Balaban J connectivity index is 2.83. The van der Waals surface area contributed by atoms with E-state index in [4.69, 9.17) is 9.84 Å². The normalized spacial score (nSPS) is 18.4. The Hall–Kier alpha value is -0.700. The molecule has 0 radical (unpaired) electrons. The number of nitrogens with zero attached hydrogens (tertiary/aromatic N) is 2. The Morgan fingerprint density at radius 2 is 1.94 bits per heavy atom. The average molecular weight is 280 g/mol. The quantitative estimate of drug-likeness (QED) is 0.715. The maximum Gasteiger partial charge on any atom is 0.318 e. The van der Waals surface area contributed by atoms with Crippen molar-refractivity contribution in [2.45, 2.75) is 13.8 Å². The summed E-state index contributed by atoms with van der Waals surface area (Å²) in [6, 6.07) is 0. The van der Waals surface area contributed by atoms with Gasteiger partial charge in [-0.2, -0.15) is 17.0 Å². The van der Waals surface area contributed by atoms with E-state index in [2.05, 4.69) is 0 Å². The zero-order valence-electron chi connectivity index (χ0n) is 10.7. The highest BCUT2D eigenvalue weighted by Crippen LogP contribution is 2.13. The molecule has 106 valence electrons. The third-order valence-corrected chi connectivity index (χ3v) is 4.45. The second kappa shape index (κ2) is 6.46. The van der Waals surface area contributed by atoms with Gasteiger partial charge in [0.2, 0.25) is 0 Å². The predicted molar refractivity (Wildman–Crippen MR) is 65.4 cm³/mol. The molecule has 1 fully saturated rings. The molecule has 1 aliphatic heterocycles. The topological polar surface area (TPSA) is 87.2 Å². The maximum absolute atomic E-state index is 12.3. The van der Waals surface area contributed by atoms with Gasteiger partial charge in [0.05, 0.1) is 13.2 Å². The van der Waals surface area contributed by atoms with Gasteiger partial charge in [0.25, 0.3) is 10.2 Å². The van der Waals surface area contributed by atoms with Crippen LogP contribution < -0.4 is 0 Å². The molecule has 1 saturated heterocycles. The number of ether oxygens (including phenoxy) is 1. The monoisotopic (exact) mass is 280 g/mol. The van der Waals surface area contributed by atoms with Crippen LogP contribution in [0.25, 0.3) is 0 Å². The Bertz CT molecular complexity index is 376. The van der Waals surface area contributed by atoms with E-state index >= 15 is 0 Å². The summed E-state index contributed by atoms with van der Waals surface area (Å²) in [4.78, 5) is 10.8. The minimum absolute atomic E-state index is 0.0696. The summed E-state index contributed by atoms with van der Waals surface area (Å²) in [5.41, 5.74) is 0. The summed E-state index contributed by atoms with van der Waals surface area (Å²) in [6.45, 7) is 4.65. The van der Waals surface area contributed by atoms with Crippen LogP contribution in [0.5, 0.6) is 0 Å². The molecule has 1 aliphatic rings. The number of rotatable bonds is 6. The molecule has 18 heavy (non-hydrogen) atoms. The van der Waals surface area contributed by atoms with Gasteiger partial charge in [-0.15, -0.1) is 0 Å². The van der Waals surface area contributed by atoms with Crippen molar-refractivity contribution in [3.8, 4) is 0 Å². The fourth-order valence-electron chi connectivity index (χ4n) is 1.74. The number of morpholine rings is 1. The van der Waals surface area contributed by atoms with E-state index in [1.54, 1.807) is 0 Å². The van der Waals surface area contributed by atoms with E-state index in [9.17, 15) is 13.2 Å². The van der Waals surface area contributed by atoms with Crippen LogP contribution in [0.3, 0.4) is 0 Å². The molecule has 0 aromatic rings. The molecule has 0 aromatic carbocycles. The Morgan fingerprint density at radius 3 is 2.39 bits per heavy atom. The maximum atomic E-state index is 12.3. The lowest BCUT2D eigenvalue weighted by Gasteiger charge is -2.32. The summed E-state index contributed by atoms with van der Waals surface area (Å²) in [5, 5.41) is 8.81. The van der Waals surface area contributed by atoms with Gasteiger partial charge in [0.15, 0.2) is 0 Å². The van der Waals surface area contributed by atoms with Crippen molar-refractivity contribution in [1.29, 1.82) is 0 Å². The van der Waals surface area contributed by atoms with Crippen LogP contribution in [-0.2, 0) is 19.7 Å². The number of carbonyl (C=O) groups is 1. The van der Waals surface area contributed by atoms with Crippen molar-refractivity contribution in [3.63, 3.8) is 0 Å². The highest BCUT2D eigenvalue weighted by Gasteiger charge is 2.32. The van der Waals surface area contributed by atoms with E-state index in [0.29, 0.717) is 13.2 Å². The van der Waals surface area contributed by atoms with Crippen molar-refractivity contribution < 1.29 is 23.1 Å². The van der Waals surface area contributed by atoms with Crippen LogP contribution in [0.4, 0.5) is 0 Å². The second-order valence-electron chi connectivity index (χ2n) is 4.60. The third kappa shape index (κ3) is 4.20. The van der Waals surface area contributed by atoms with E-state index in [0.717, 1.165) is 4.31 Å². The molecule has 0 bridgehead atoms.